The summed E-state index contributed by atoms with van der Waals surface area (Å²) in [5.74, 6) is 0.698. The van der Waals surface area contributed by atoms with E-state index in [-0.39, 0.29) is 12.1 Å². The first-order valence-corrected chi connectivity index (χ1v) is 13.3. The summed E-state index contributed by atoms with van der Waals surface area (Å²) in [6, 6.07) is 14.0. The molecule has 6 heteroatoms. The molecule has 1 heterocycles. The van der Waals surface area contributed by atoms with E-state index in [1.165, 1.54) is 31.2 Å². The van der Waals surface area contributed by atoms with Crippen molar-refractivity contribution in [1.82, 2.24) is 0 Å². The van der Waals surface area contributed by atoms with Crippen LogP contribution in [0.25, 0.3) is 0 Å². The number of fused-ring (bicyclic) bond motifs is 3. The Kier molecular flexibility index (Phi) is 6.84. The molecule has 3 aliphatic rings. The predicted molar refractivity (Wildman–Crippen MR) is 139 cm³/mol. The van der Waals surface area contributed by atoms with Gasteiger partial charge in [-0.3, -0.25) is 5.01 Å². The molecular weight excluding hydrogens is 458 g/mol. The summed E-state index contributed by atoms with van der Waals surface area (Å²) in [6.07, 6.45) is 8.52. The Hall–Kier alpha value is -2.84. The Morgan fingerprint density at radius 1 is 1.17 bits per heavy atom. The van der Waals surface area contributed by atoms with Gasteiger partial charge in [-0.1, -0.05) is 44.4 Å². The molecule has 2 unspecified atom stereocenters. The fourth-order valence-corrected chi connectivity index (χ4v) is 6.32. The highest BCUT2D eigenvalue weighted by molar-refractivity contribution is 6.32. The van der Waals surface area contributed by atoms with Crippen molar-refractivity contribution in [3.8, 4) is 6.07 Å². The molecule has 2 aromatic rings. The number of nitrogens with zero attached hydrogens (tertiary/aromatic N) is 3. The van der Waals surface area contributed by atoms with Crippen molar-refractivity contribution in [2.24, 2.45) is 16.9 Å². The summed E-state index contributed by atoms with van der Waals surface area (Å²) in [7, 11) is 0. The van der Waals surface area contributed by atoms with Crippen LogP contribution >= 0.6 is 11.6 Å². The lowest BCUT2D eigenvalue weighted by Crippen LogP contribution is -2.40. The van der Waals surface area contributed by atoms with Crippen LogP contribution in [0, 0.1) is 23.2 Å². The van der Waals surface area contributed by atoms with Crippen LogP contribution in [0.4, 0.5) is 5.69 Å². The highest BCUT2D eigenvalue weighted by Gasteiger charge is 2.45. The molecule has 35 heavy (non-hydrogen) atoms. The third kappa shape index (κ3) is 4.45. The molecular formula is C29H32ClN3O2. The highest BCUT2D eigenvalue weighted by Crippen LogP contribution is 2.45. The molecule has 0 amide bonds. The second kappa shape index (κ2) is 10.0. The number of hydrogen-bond donors (Lipinski definition) is 0. The average molecular weight is 490 g/mol. The minimum Gasteiger partial charge on any atom is -0.459 e. The number of carbonyl (C=O) groups excluding carboxylic acids is 1. The van der Waals surface area contributed by atoms with Crippen LogP contribution in [0.5, 0.6) is 0 Å². The van der Waals surface area contributed by atoms with E-state index >= 15 is 0 Å². The SMILES string of the molecule is CCC(CC)OC(=O)c1ccc2c(c1)CCC1C2=NN(c2ccc(C#N)c(Cl)c2)C1C1CCCC1. The van der Waals surface area contributed by atoms with E-state index in [0.717, 1.165) is 42.6 Å². The first kappa shape index (κ1) is 23.9. The van der Waals surface area contributed by atoms with Crippen LogP contribution in [0.3, 0.4) is 0 Å². The van der Waals surface area contributed by atoms with Crippen molar-refractivity contribution in [3.63, 3.8) is 0 Å². The quantitative estimate of drug-likeness (QED) is 0.414. The zero-order chi connectivity index (χ0) is 24.5. The first-order chi connectivity index (χ1) is 17.0. The van der Waals surface area contributed by atoms with Crippen LogP contribution in [0.15, 0.2) is 41.5 Å². The third-order valence-electron chi connectivity index (χ3n) is 8.01. The maximum atomic E-state index is 12.7. The van der Waals surface area contributed by atoms with E-state index in [9.17, 15) is 10.1 Å². The number of benzene rings is 2. The molecule has 0 saturated heterocycles. The maximum Gasteiger partial charge on any atom is 0.338 e. The van der Waals surface area contributed by atoms with E-state index in [1.807, 2.05) is 38.1 Å². The fraction of sp³-hybridized carbons (Fsp3) is 0.483. The first-order valence-electron chi connectivity index (χ1n) is 13.0. The second-order valence-electron chi connectivity index (χ2n) is 10.0. The normalized spacial score (nSPS) is 21.5. The summed E-state index contributed by atoms with van der Waals surface area (Å²) in [4.78, 5) is 12.7. The Labute approximate surface area is 212 Å². The van der Waals surface area contributed by atoms with Gasteiger partial charge in [-0.05, 0) is 80.3 Å². The smallest absolute Gasteiger partial charge is 0.338 e. The molecule has 0 spiro atoms. The Morgan fingerprint density at radius 3 is 2.63 bits per heavy atom. The van der Waals surface area contributed by atoms with Gasteiger partial charge in [0.05, 0.1) is 33.6 Å². The van der Waals surface area contributed by atoms with Gasteiger partial charge in [-0.25, -0.2) is 4.79 Å². The number of rotatable bonds is 6. The molecule has 2 aliphatic carbocycles. The standard InChI is InChI=1S/C29H32ClN3O2/c1-3-23(4-2)35-29(34)20-11-13-24-19(15-20)10-14-25-27(24)32-33(28(25)18-7-5-6-8-18)22-12-9-21(17-31)26(30)16-22/h9,11-13,15-16,18,23,25,28H,3-8,10,14H2,1-2H3. The van der Waals surface area contributed by atoms with Crippen LogP contribution in [0.1, 0.15) is 85.8 Å². The summed E-state index contributed by atoms with van der Waals surface area (Å²) in [5, 5.41) is 17.1. The summed E-state index contributed by atoms with van der Waals surface area (Å²) >= 11 is 6.41. The molecule has 0 bridgehead atoms. The van der Waals surface area contributed by atoms with E-state index < -0.39 is 0 Å². The van der Waals surface area contributed by atoms with Crippen molar-refractivity contribution < 1.29 is 9.53 Å². The predicted octanol–water partition coefficient (Wildman–Crippen LogP) is 6.90. The number of carbonyl (C=O) groups is 1. The molecule has 1 fully saturated rings. The van der Waals surface area contributed by atoms with Crippen molar-refractivity contribution in [2.75, 3.05) is 5.01 Å². The van der Waals surface area contributed by atoms with Gasteiger partial charge in [0, 0.05) is 11.5 Å². The number of hydrogen-bond acceptors (Lipinski definition) is 5. The Morgan fingerprint density at radius 2 is 1.94 bits per heavy atom. The van der Waals surface area contributed by atoms with Gasteiger partial charge in [0.2, 0.25) is 0 Å². The van der Waals surface area contributed by atoms with Gasteiger partial charge in [-0.15, -0.1) is 0 Å². The molecule has 0 aromatic heterocycles. The van der Waals surface area contributed by atoms with Gasteiger partial charge in [0.15, 0.2) is 0 Å². The van der Waals surface area contributed by atoms with E-state index in [2.05, 4.69) is 17.1 Å². The van der Waals surface area contributed by atoms with Crippen molar-refractivity contribution in [2.45, 2.75) is 77.4 Å². The lowest BCUT2D eigenvalue weighted by molar-refractivity contribution is 0.0284. The molecule has 2 aromatic carbocycles. The second-order valence-corrected chi connectivity index (χ2v) is 10.4. The van der Waals surface area contributed by atoms with E-state index in [4.69, 9.17) is 21.4 Å². The number of aryl methyl sites for hydroxylation is 1. The van der Waals surface area contributed by atoms with E-state index in [0.29, 0.717) is 34.0 Å². The van der Waals surface area contributed by atoms with Crippen LogP contribution in [-0.4, -0.2) is 23.8 Å². The Bertz CT molecular complexity index is 1190. The monoisotopic (exact) mass is 489 g/mol. The zero-order valence-corrected chi connectivity index (χ0v) is 21.2. The van der Waals surface area contributed by atoms with Crippen molar-refractivity contribution in [3.05, 3.63) is 63.7 Å². The average Bonchev–Trinajstić information content (AvgIpc) is 3.54. The molecule has 5 rings (SSSR count). The molecule has 0 N–H and O–H groups in total. The molecule has 5 nitrogen and oxygen atoms in total. The summed E-state index contributed by atoms with van der Waals surface area (Å²) in [5.41, 5.74) is 5.48. The minimum absolute atomic E-state index is 0.0397. The molecule has 2 atom stereocenters. The Balaban J connectivity index is 1.49. The topological polar surface area (TPSA) is 65.7 Å². The van der Waals surface area contributed by atoms with Crippen LogP contribution in [0.2, 0.25) is 5.02 Å². The lowest BCUT2D eigenvalue weighted by Gasteiger charge is -2.34. The highest BCUT2D eigenvalue weighted by atomic mass is 35.5. The summed E-state index contributed by atoms with van der Waals surface area (Å²) < 4.78 is 5.69. The van der Waals surface area contributed by atoms with Crippen molar-refractivity contribution in [1.29, 1.82) is 5.26 Å². The van der Waals surface area contributed by atoms with Crippen LogP contribution < -0.4 is 5.01 Å². The van der Waals surface area contributed by atoms with Gasteiger partial charge in [0.25, 0.3) is 0 Å². The molecule has 182 valence electrons. The number of anilines is 1. The number of esters is 1. The number of ether oxygens (including phenoxy) is 1. The number of nitriles is 1. The largest absolute Gasteiger partial charge is 0.459 e. The van der Waals surface area contributed by atoms with E-state index in [1.54, 1.807) is 6.07 Å². The lowest BCUT2D eigenvalue weighted by atomic mass is 9.75. The van der Waals surface area contributed by atoms with Gasteiger partial charge >= 0.3 is 5.97 Å². The molecule has 1 saturated carbocycles. The third-order valence-corrected chi connectivity index (χ3v) is 8.32. The van der Waals surface area contributed by atoms with Gasteiger partial charge < -0.3 is 4.74 Å². The van der Waals surface area contributed by atoms with Crippen LogP contribution in [-0.2, 0) is 11.2 Å². The zero-order valence-electron chi connectivity index (χ0n) is 20.5. The van der Waals surface area contributed by atoms with Gasteiger partial charge in [-0.2, -0.15) is 10.4 Å². The number of hydrazone groups is 1. The van der Waals surface area contributed by atoms with Gasteiger partial charge in [0.1, 0.15) is 12.2 Å². The molecule has 0 radical (unpaired) electrons. The minimum atomic E-state index is -0.241. The molecule has 1 aliphatic heterocycles. The maximum absolute atomic E-state index is 12.7. The number of halogens is 1. The van der Waals surface area contributed by atoms with Crippen molar-refractivity contribution >= 4 is 29.0 Å². The summed E-state index contributed by atoms with van der Waals surface area (Å²) in [6.45, 7) is 4.08. The fourth-order valence-electron chi connectivity index (χ4n) is 6.11.